The highest BCUT2D eigenvalue weighted by Crippen LogP contribution is 2.45. The zero-order valence-corrected chi connectivity index (χ0v) is 20.9. The summed E-state index contributed by atoms with van der Waals surface area (Å²) in [6.45, 7) is 0.477. The van der Waals surface area contributed by atoms with Gasteiger partial charge in [0.1, 0.15) is 5.75 Å². The number of amides is 1. The maximum atomic E-state index is 13.3. The van der Waals surface area contributed by atoms with Gasteiger partial charge in [-0.3, -0.25) is 4.79 Å². The van der Waals surface area contributed by atoms with E-state index in [-0.39, 0.29) is 31.2 Å². The van der Waals surface area contributed by atoms with Crippen molar-refractivity contribution in [2.45, 2.75) is 31.0 Å². The highest BCUT2D eigenvalue weighted by Gasteiger charge is 2.53. The summed E-state index contributed by atoms with van der Waals surface area (Å²) in [6.07, 6.45) is -0.466. The highest BCUT2D eigenvalue weighted by molar-refractivity contribution is 6.01. The van der Waals surface area contributed by atoms with Crippen LogP contribution in [-0.2, 0) is 22.5 Å². The Morgan fingerprint density at radius 1 is 1.05 bits per heavy atom. The summed E-state index contributed by atoms with van der Waals surface area (Å²) in [4.78, 5) is 23.8. The van der Waals surface area contributed by atoms with Gasteiger partial charge in [-0.15, -0.1) is 0 Å². The van der Waals surface area contributed by atoms with Crippen LogP contribution in [0.3, 0.4) is 0 Å². The number of aliphatic imine (C=N–C) groups is 1. The predicted octanol–water partition coefficient (Wildman–Crippen LogP) is 5.18. The minimum absolute atomic E-state index is 0.0304. The van der Waals surface area contributed by atoms with Crippen LogP contribution in [0.2, 0.25) is 0 Å². The summed E-state index contributed by atoms with van der Waals surface area (Å²) in [5, 5.41) is 16.4. The number of ether oxygens (including phenoxy) is 2. The largest absolute Gasteiger partial charge is 0.494 e. The molecule has 1 aliphatic rings. The molecule has 4 rings (SSSR count). The number of carbonyl (C=O) groups is 1. The van der Waals surface area contributed by atoms with Gasteiger partial charge in [-0.2, -0.15) is 0 Å². The average molecular weight is 527 g/mol. The molecule has 12 nitrogen and oxygen atoms in total. The molecule has 0 fully saturated rings. The molecule has 3 aromatic rings. The van der Waals surface area contributed by atoms with Crippen molar-refractivity contribution in [3.05, 3.63) is 116 Å². The van der Waals surface area contributed by atoms with Crippen LogP contribution in [0.5, 0.6) is 5.75 Å². The van der Waals surface area contributed by atoms with Gasteiger partial charge in [0, 0.05) is 46.1 Å². The number of carbonyl (C=O) groups excluding carboxylic acids is 1. The molecule has 0 aliphatic carbocycles. The standard InChI is InChI=1S/C27H26N8O4/c28-26(37)27(16-19-6-1-2-7-20(19)17-31-34-29)24(22-8-3-4-9-23(22)33-35-30)39-25(32-27)18-10-12-21(13-11-18)38-15-5-14-36/h1-4,6-13,24,36H,5,14-17H2,(H2,28,37)/t24-,27-/m0/s1. The smallest absolute Gasteiger partial charge is 0.250 e. The van der Waals surface area contributed by atoms with Crippen LogP contribution in [0, 0.1) is 0 Å². The fourth-order valence-electron chi connectivity index (χ4n) is 4.41. The Bertz CT molecular complexity index is 1460. The van der Waals surface area contributed by atoms with Crippen molar-refractivity contribution in [1.29, 1.82) is 0 Å². The number of hydrogen-bond donors (Lipinski definition) is 2. The summed E-state index contributed by atoms with van der Waals surface area (Å²) in [7, 11) is 0. The Hall–Kier alpha value is -5.02. The van der Waals surface area contributed by atoms with Crippen molar-refractivity contribution in [2.75, 3.05) is 13.2 Å². The number of azide groups is 2. The number of benzene rings is 3. The lowest BCUT2D eigenvalue weighted by Gasteiger charge is -2.30. The number of nitrogens with two attached hydrogens (primary N) is 1. The van der Waals surface area contributed by atoms with E-state index in [2.05, 4.69) is 20.1 Å². The quantitative estimate of drug-likeness (QED) is 0.142. The van der Waals surface area contributed by atoms with Crippen molar-refractivity contribution in [2.24, 2.45) is 21.0 Å². The Morgan fingerprint density at radius 2 is 1.77 bits per heavy atom. The normalized spacial score (nSPS) is 17.8. The van der Waals surface area contributed by atoms with Crippen molar-refractivity contribution < 1.29 is 19.4 Å². The first-order valence-corrected chi connectivity index (χ1v) is 12.1. The van der Waals surface area contributed by atoms with Gasteiger partial charge < -0.3 is 20.3 Å². The first-order chi connectivity index (χ1) is 19.0. The second-order valence-electron chi connectivity index (χ2n) is 8.74. The van der Waals surface area contributed by atoms with Crippen molar-refractivity contribution in [3.8, 4) is 5.75 Å². The van der Waals surface area contributed by atoms with Gasteiger partial charge in [-0.25, -0.2) is 4.99 Å². The third-order valence-corrected chi connectivity index (χ3v) is 6.32. The number of hydrogen-bond acceptors (Lipinski definition) is 7. The van der Waals surface area contributed by atoms with Crippen molar-refractivity contribution >= 4 is 17.5 Å². The van der Waals surface area contributed by atoms with Gasteiger partial charge in [0.25, 0.3) is 0 Å². The number of aliphatic hydroxyl groups excluding tert-OH is 1. The predicted molar refractivity (Wildman–Crippen MR) is 144 cm³/mol. The Balaban J connectivity index is 1.81. The molecular weight excluding hydrogens is 500 g/mol. The monoisotopic (exact) mass is 526 g/mol. The molecule has 2 atom stereocenters. The lowest BCUT2D eigenvalue weighted by molar-refractivity contribution is -0.125. The van der Waals surface area contributed by atoms with Gasteiger partial charge in [-0.05, 0) is 46.5 Å². The zero-order chi connectivity index (χ0) is 27.7. The molecule has 0 saturated heterocycles. The van der Waals surface area contributed by atoms with E-state index in [1.807, 2.05) is 12.1 Å². The maximum Gasteiger partial charge on any atom is 0.250 e. The topological polar surface area (TPSA) is 192 Å². The van der Waals surface area contributed by atoms with E-state index in [1.54, 1.807) is 60.7 Å². The van der Waals surface area contributed by atoms with E-state index in [9.17, 15) is 4.79 Å². The maximum absolute atomic E-state index is 13.3. The fraction of sp³-hybridized carbons (Fsp3) is 0.259. The van der Waals surface area contributed by atoms with Crippen LogP contribution in [0.25, 0.3) is 20.9 Å². The number of aliphatic hydroxyl groups is 1. The highest BCUT2D eigenvalue weighted by atomic mass is 16.5. The Morgan fingerprint density at radius 3 is 2.46 bits per heavy atom. The molecule has 3 N–H and O–H groups in total. The molecule has 12 heteroatoms. The molecule has 1 amide bonds. The van der Waals surface area contributed by atoms with Gasteiger partial charge in [0.05, 0.1) is 13.2 Å². The molecule has 39 heavy (non-hydrogen) atoms. The third kappa shape index (κ3) is 5.94. The fourth-order valence-corrected chi connectivity index (χ4v) is 4.41. The van der Waals surface area contributed by atoms with Crippen molar-refractivity contribution in [3.63, 3.8) is 0 Å². The molecule has 1 aliphatic heterocycles. The third-order valence-electron chi connectivity index (χ3n) is 6.32. The van der Waals surface area contributed by atoms with E-state index in [4.69, 9.17) is 36.4 Å². The van der Waals surface area contributed by atoms with Crippen LogP contribution >= 0.6 is 0 Å². The molecule has 0 spiro atoms. The van der Waals surface area contributed by atoms with Gasteiger partial charge in [-0.1, -0.05) is 58.8 Å². The molecule has 0 bridgehead atoms. The van der Waals surface area contributed by atoms with Gasteiger partial charge >= 0.3 is 0 Å². The summed E-state index contributed by atoms with van der Waals surface area (Å²) in [5.41, 5.74) is 25.2. The van der Waals surface area contributed by atoms with Gasteiger partial charge in [0.15, 0.2) is 11.6 Å². The second kappa shape index (κ2) is 12.5. The lowest BCUT2D eigenvalue weighted by atomic mass is 9.80. The molecule has 0 radical (unpaired) electrons. The molecule has 1 heterocycles. The molecule has 0 aromatic heterocycles. The first-order valence-electron chi connectivity index (χ1n) is 12.1. The van der Waals surface area contributed by atoms with Gasteiger partial charge in [0.2, 0.25) is 11.8 Å². The number of primary amides is 1. The summed E-state index contributed by atoms with van der Waals surface area (Å²) < 4.78 is 11.9. The van der Waals surface area contributed by atoms with Crippen LogP contribution in [0.1, 0.15) is 34.8 Å². The van der Waals surface area contributed by atoms with E-state index >= 15 is 0 Å². The zero-order valence-electron chi connectivity index (χ0n) is 20.9. The van der Waals surface area contributed by atoms with Crippen LogP contribution in [-0.4, -0.2) is 35.7 Å². The summed E-state index contributed by atoms with van der Waals surface area (Å²) in [6, 6.07) is 21.0. The van der Waals surface area contributed by atoms with Crippen LogP contribution < -0.4 is 10.5 Å². The minimum Gasteiger partial charge on any atom is -0.494 e. The Labute approximate surface area is 224 Å². The number of rotatable bonds is 12. The molecule has 198 valence electrons. The molecule has 0 unspecified atom stereocenters. The lowest BCUT2D eigenvalue weighted by Crippen LogP contribution is -2.47. The minimum atomic E-state index is -1.61. The number of nitrogens with zero attached hydrogens (tertiary/aromatic N) is 7. The SMILES string of the molecule is [N-]=[N+]=NCc1ccccc1C[C@]1(C(N)=O)N=C(c2ccc(OCCCO)cc2)O[C@H]1c1ccccc1N=[N+]=[N-]. The van der Waals surface area contributed by atoms with E-state index in [0.717, 1.165) is 0 Å². The summed E-state index contributed by atoms with van der Waals surface area (Å²) >= 11 is 0. The first kappa shape index (κ1) is 27.0. The van der Waals surface area contributed by atoms with Crippen LogP contribution in [0.15, 0.2) is 88.0 Å². The molecule has 3 aromatic carbocycles. The molecule has 0 saturated carbocycles. The van der Waals surface area contributed by atoms with E-state index < -0.39 is 17.6 Å². The van der Waals surface area contributed by atoms with Crippen molar-refractivity contribution in [1.82, 2.24) is 0 Å². The van der Waals surface area contributed by atoms with E-state index in [0.29, 0.717) is 41.0 Å². The second-order valence-corrected chi connectivity index (χ2v) is 8.74. The Kier molecular flexibility index (Phi) is 8.65. The molecular formula is C27H26N8O4. The van der Waals surface area contributed by atoms with Crippen LogP contribution in [0.4, 0.5) is 5.69 Å². The summed E-state index contributed by atoms with van der Waals surface area (Å²) in [5.74, 6) is 0.0500. The van der Waals surface area contributed by atoms with E-state index in [1.165, 1.54) is 0 Å². The average Bonchev–Trinajstić information content (AvgIpc) is 3.34.